The van der Waals surface area contributed by atoms with Crippen LogP contribution in [0.1, 0.15) is 18.4 Å². The van der Waals surface area contributed by atoms with Crippen LogP contribution in [0.4, 0.5) is 4.39 Å². The molecule has 18 heavy (non-hydrogen) atoms. The van der Waals surface area contributed by atoms with Crippen LogP contribution in [0.2, 0.25) is 0 Å². The summed E-state index contributed by atoms with van der Waals surface area (Å²) < 4.78 is 14.0. The second kappa shape index (κ2) is 5.80. The van der Waals surface area contributed by atoms with Gasteiger partial charge in [0.1, 0.15) is 5.82 Å². The molecule has 1 aliphatic rings. The van der Waals surface area contributed by atoms with Crippen LogP contribution in [-0.2, 0) is 11.3 Å². The molecule has 0 aromatic heterocycles. The highest BCUT2D eigenvalue weighted by molar-refractivity contribution is 9.10. The predicted molar refractivity (Wildman–Crippen MR) is 69.7 cm³/mol. The summed E-state index contributed by atoms with van der Waals surface area (Å²) in [4.78, 5) is 13.0. The van der Waals surface area contributed by atoms with Crippen molar-refractivity contribution < 1.29 is 14.3 Å². The Morgan fingerprint density at radius 2 is 2.28 bits per heavy atom. The minimum absolute atomic E-state index is 0.272. The third-order valence-electron chi connectivity index (χ3n) is 3.18. The number of rotatable bonds is 3. The fourth-order valence-corrected chi connectivity index (χ4v) is 2.87. The monoisotopic (exact) mass is 315 g/mol. The van der Waals surface area contributed by atoms with E-state index in [-0.39, 0.29) is 11.7 Å². The molecule has 0 bridgehead atoms. The van der Waals surface area contributed by atoms with E-state index in [9.17, 15) is 9.18 Å². The zero-order valence-corrected chi connectivity index (χ0v) is 11.5. The van der Waals surface area contributed by atoms with Gasteiger partial charge in [-0.2, -0.15) is 0 Å². The van der Waals surface area contributed by atoms with E-state index in [2.05, 4.69) is 20.8 Å². The maximum atomic E-state index is 13.2. The minimum Gasteiger partial charge on any atom is -0.481 e. The summed E-state index contributed by atoms with van der Waals surface area (Å²) in [5.41, 5.74) is 0.868. The van der Waals surface area contributed by atoms with Gasteiger partial charge in [0, 0.05) is 17.6 Å². The summed E-state index contributed by atoms with van der Waals surface area (Å²) in [6.45, 7) is 2.02. The summed E-state index contributed by atoms with van der Waals surface area (Å²) >= 11 is 3.26. The molecule has 5 heteroatoms. The molecule has 1 heterocycles. The lowest BCUT2D eigenvalue weighted by Gasteiger charge is -2.30. The third kappa shape index (κ3) is 3.53. The quantitative estimate of drug-likeness (QED) is 0.932. The van der Waals surface area contributed by atoms with Crippen LogP contribution in [-0.4, -0.2) is 29.1 Å². The maximum absolute atomic E-state index is 13.2. The Balaban J connectivity index is 2.02. The highest BCUT2D eigenvalue weighted by atomic mass is 79.9. The van der Waals surface area contributed by atoms with Gasteiger partial charge in [-0.05, 0) is 43.1 Å². The first-order chi connectivity index (χ1) is 8.54. The second-order valence-electron chi connectivity index (χ2n) is 4.69. The molecule has 0 spiro atoms. The van der Waals surface area contributed by atoms with Crippen LogP contribution in [0.3, 0.4) is 0 Å². The number of carboxylic acid groups (broad SMARTS) is 1. The number of nitrogens with zero attached hydrogens (tertiary/aromatic N) is 1. The zero-order chi connectivity index (χ0) is 13.1. The average Bonchev–Trinajstić information content (AvgIpc) is 2.27. The van der Waals surface area contributed by atoms with Gasteiger partial charge in [-0.15, -0.1) is 0 Å². The Bertz CT molecular complexity index is 432. The summed E-state index contributed by atoms with van der Waals surface area (Å²) in [6, 6.07) is 4.78. The van der Waals surface area contributed by atoms with Gasteiger partial charge in [0.2, 0.25) is 0 Å². The van der Waals surface area contributed by atoms with E-state index in [0.717, 1.165) is 24.9 Å². The molecule has 1 unspecified atom stereocenters. The summed E-state index contributed by atoms with van der Waals surface area (Å²) in [5.74, 6) is -1.30. The Kier molecular flexibility index (Phi) is 4.35. The van der Waals surface area contributed by atoms with Crippen molar-refractivity contribution >= 4 is 21.9 Å². The van der Waals surface area contributed by atoms with Gasteiger partial charge in [0.05, 0.1) is 5.92 Å². The fraction of sp³-hybridized carbons (Fsp3) is 0.462. The first kappa shape index (κ1) is 13.5. The van der Waals surface area contributed by atoms with E-state index in [0.29, 0.717) is 17.6 Å². The van der Waals surface area contributed by atoms with Crippen LogP contribution >= 0.6 is 15.9 Å². The summed E-state index contributed by atoms with van der Waals surface area (Å²) in [7, 11) is 0. The Labute approximate surface area is 114 Å². The molecule has 1 aromatic rings. The third-order valence-corrected chi connectivity index (χ3v) is 3.64. The van der Waals surface area contributed by atoms with Gasteiger partial charge in [-0.1, -0.05) is 15.9 Å². The van der Waals surface area contributed by atoms with E-state index in [4.69, 9.17) is 5.11 Å². The van der Waals surface area contributed by atoms with Gasteiger partial charge < -0.3 is 5.11 Å². The SMILES string of the molecule is O=C(O)C1CCCN(Cc2cc(F)cc(Br)c2)C1. The van der Waals surface area contributed by atoms with E-state index in [1.807, 2.05) is 6.07 Å². The zero-order valence-electron chi connectivity index (χ0n) is 9.90. The lowest BCUT2D eigenvalue weighted by molar-refractivity contribution is -0.143. The topological polar surface area (TPSA) is 40.5 Å². The van der Waals surface area contributed by atoms with Gasteiger partial charge in [0.25, 0.3) is 0 Å². The van der Waals surface area contributed by atoms with E-state index in [1.54, 1.807) is 0 Å². The molecule has 1 fully saturated rings. The van der Waals surface area contributed by atoms with Crippen molar-refractivity contribution in [2.24, 2.45) is 5.92 Å². The summed E-state index contributed by atoms with van der Waals surface area (Å²) in [6.07, 6.45) is 1.62. The largest absolute Gasteiger partial charge is 0.481 e. The predicted octanol–water partition coefficient (Wildman–Crippen LogP) is 2.88. The summed E-state index contributed by atoms with van der Waals surface area (Å²) in [5, 5.41) is 9.02. The Hall–Kier alpha value is -0.940. The van der Waals surface area contributed by atoms with Crippen molar-refractivity contribution in [3.8, 4) is 0 Å². The first-order valence-corrected chi connectivity index (χ1v) is 6.74. The number of hydrogen-bond donors (Lipinski definition) is 1. The van der Waals surface area contributed by atoms with Crippen molar-refractivity contribution in [2.75, 3.05) is 13.1 Å². The Morgan fingerprint density at radius 3 is 2.94 bits per heavy atom. The molecule has 98 valence electrons. The van der Waals surface area contributed by atoms with E-state index in [1.165, 1.54) is 12.1 Å². The molecule has 1 aromatic carbocycles. The van der Waals surface area contributed by atoms with Crippen LogP contribution in [0.5, 0.6) is 0 Å². The van der Waals surface area contributed by atoms with Crippen molar-refractivity contribution in [1.29, 1.82) is 0 Å². The standard InChI is InChI=1S/C13H15BrFNO2/c14-11-4-9(5-12(15)6-11)7-16-3-1-2-10(8-16)13(17)18/h4-6,10H,1-3,7-8H2,(H,17,18). The molecule has 1 saturated heterocycles. The van der Waals surface area contributed by atoms with E-state index < -0.39 is 5.97 Å². The highest BCUT2D eigenvalue weighted by Crippen LogP contribution is 2.21. The molecule has 3 nitrogen and oxygen atoms in total. The maximum Gasteiger partial charge on any atom is 0.307 e. The number of hydrogen-bond acceptors (Lipinski definition) is 2. The van der Waals surface area contributed by atoms with Crippen LogP contribution in [0.15, 0.2) is 22.7 Å². The number of carboxylic acids is 1. The van der Waals surface area contributed by atoms with Crippen molar-refractivity contribution in [1.82, 2.24) is 4.90 Å². The van der Waals surface area contributed by atoms with Crippen molar-refractivity contribution in [3.63, 3.8) is 0 Å². The van der Waals surface area contributed by atoms with Crippen LogP contribution in [0, 0.1) is 11.7 Å². The van der Waals surface area contributed by atoms with Gasteiger partial charge >= 0.3 is 5.97 Å². The van der Waals surface area contributed by atoms with Gasteiger partial charge in [-0.3, -0.25) is 9.69 Å². The second-order valence-corrected chi connectivity index (χ2v) is 5.61. The molecule has 1 N–H and O–H groups in total. The van der Waals surface area contributed by atoms with E-state index >= 15 is 0 Å². The molecule has 2 rings (SSSR count). The number of likely N-dealkylation sites (tertiary alicyclic amines) is 1. The number of halogens is 2. The molecule has 0 saturated carbocycles. The van der Waals surface area contributed by atoms with Gasteiger partial charge in [-0.25, -0.2) is 4.39 Å². The lowest BCUT2D eigenvalue weighted by Crippen LogP contribution is -2.38. The minimum atomic E-state index is -0.736. The normalized spacial score (nSPS) is 20.9. The van der Waals surface area contributed by atoms with Crippen molar-refractivity contribution in [2.45, 2.75) is 19.4 Å². The molecular weight excluding hydrogens is 301 g/mol. The number of piperidine rings is 1. The molecule has 0 amide bonds. The molecule has 1 aliphatic heterocycles. The fourth-order valence-electron chi connectivity index (χ4n) is 2.36. The average molecular weight is 316 g/mol. The Morgan fingerprint density at radius 1 is 1.50 bits per heavy atom. The molecule has 1 atom stereocenters. The van der Waals surface area contributed by atoms with Crippen LogP contribution < -0.4 is 0 Å². The number of carbonyl (C=O) groups is 1. The molecule has 0 aliphatic carbocycles. The highest BCUT2D eigenvalue weighted by Gasteiger charge is 2.25. The first-order valence-electron chi connectivity index (χ1n) is 5.95. The molecule has 0 radical (unpaired) electrons. The number of aliphatic carboxylic acids is 1. The molecular formula is C13H15BrFNO2. The smallest absolute Gasteiger partial charge is 0.307 e. The number of benzene rings is 1. The lowest BCUT2D eigenvalue weighted by atomic mass is 9.98. The van der Waals surface area contributed by atoms with Crippen molar-refractivity contribution in [3.05, 3.63) is 34.1 Å². The van der Waals surface area contributed by atoms with Gasteiger partial charge in [0.15, 0.2) is 0 Å². The van der Waals surface area contributed by atoms with Crippen LogP contribution in [0.25, 0.3) is 0 Å².